The summed E-state index contributed by atoms with van der Waals surface area (Å²) in [4.78, 5) is 0. The molecule has 0 saturated heterocycles. The summed E-state index contributed by atoms with van der Waals surface area (Å²) < 4.78 is 13.3. The van der Waals surface area contributed by atoms with Gasteiger partial charge in [-0.3, -0.25) is 0 Å². The van der Waals surface area contributed by atoms with Crippen LogP contribution in [0.5, 0.6) is 0 Å². The predicted octanol–water partition coefficient (Wildman–Crippen LogP) is 4.26. The second-order valence-corrected chi connectivity index (χ2v) is 3.70. The number of rotatable bonds is 1. The van der Waals surface area contributed by atoms with Crippen LogP contribution in [0.25, 0.3) is 0 Å². The van der Waals surface area contributed by atoms with Crippen LogP contribution in [0.2, 0.25) is 10.0 Å². The van der Waals surface area contributed by atoms with Gasteiger partial charge >= 0.3 is 0 Å². The number of hydrogen-bond acceptors (Lipinski definition) is 0. The van der Waals surface area contributed by atoms with Crippen molar-refractivity contribution in [2.75, 3.05) is 0 Å². The molecule has 3 heteroatoms. The Morgan fingerprint density at radius 3 is 2.33 bits per heavy atom. The molecule has 0 aromatic heterocycles. The summed E-state index contributed by atoms with van der Waals surface area (Å²) in [7, 11) is 0. The third-order valence-electron chi connectivity index (χ3n) is 1.69. The van der Waals surface area contributed by atoms with Gasteiger partial charge in [-0.15, -0.1) is 0 Å². The Morgan fingerprint density at radius 1 is 1.25 bits per heavy atom. The highest BCUT2D eigenvalue weighted by atomic mass is 35.5. The molecule has 0 unspecified atom stereocenters. The molecule has 1 aromatic rings. The Morgan fingerprint density at radius 2 is 1.83 bits per heavy atom. The molecule has 1 aromatic carbocycles. The van der Waals surface area contributed by atoms with Crippen LogP contribution in [0.1, 0.15) is 25.3 Å². The van der Waals surface area contributed by atoms with E-state index in [1.165, 1.54) is 0 Å². The Kier molecular flexibility index (Phi) is 2.97. The monoisotopic (exact) mass is 206 g/mol. The normalized spacial score (nSPS) is 10.8. The summed E-state index contributed by atoms with van der Waals surface area (Å²) in [5.74, 6) is -0.279. The quantitative estimate of drug-likeness (QED) is 0.603. The lowest BCUT2D eigenvalue weighted by Gasteiger charge is -2.08. The largest absolute Gasteiger partial charge is 0.205 e. The van der Waals surface area contributed by atoms with Crippen molar-refractivity contribution in [3.8, 4) is 0 Å². The lowest BCUT2D eigenvalue weighted by atomic mass is 10.0. The molecule has 0 heterocycles. The summed E-state index contributed by atoms with van der Waals surface area (Å²) in [5, 5.41) is 0.279. The van der Waals surface area contributed by atoms with Crippen molar-refractivity contribution in [1.29, 1.82) is 0 Å². The SMILES string of the molecule is CC(C)c1ccc(Cl)c(Cl)c1F. The number of benzene rings is 1. The van der Waals surface area contributed by atoms with Crippen LogP contribution in [0.3, 0.4) is 0 Å². The molecule has 0 bridgehead atoms. The minimum Gasteiger partial charge on any atom is -0.205 e. The van der Waals surface area contributed by atoms with Crippen LogP contribution < -0.4 is 0 Å². The predicted molar refractivity (Wildman–Crippen MR) is 50.5 cm³/mol. The van der Waals surface area contributed by atoms with Crippen LogP contribution in [-0.4, -0.2) is 0 Å². The van der Waals surface area contributed by atoms with Gasteiger partial charge in [-0.05, 0) is 17.5 Å². The highest BCUT2D eigenvalue weighted by molar-refractivity contribution is 6.42. The third-order valence-corrected chi connectivity index (χ3v) is 2.47. The minimum atomic E-state index is -0.404. The van der Waals surface area contributed by atoms with Crippen LogP contribution >= 0.6 is 23.2 Å². The Bertz CT molecular complexity index is 295. The first kappa shape index (κ1) is 9.82. The molecule has 66 valence electrons. The van der Waals surface area contributed by atoms with Crippen molar-refractivity contribution in [3.05, 3.63) is 33.6 Å². The first-order valence-electron chi connectivity index (χ1n) is 3.67. The summed E-state index contributed by atoms with van der Waals surface area (Å²) in [6.07, 6.45) is 0. The maximum Gasteiger partial charge on any atom is 0.146 e. The average Bonchev–Trinajstić information content (AvgIpc) is 2.00. The first-order chi connectivity index (χ1) is 5.54. The van der Waals surface area contributed by atoms with Gasteiger partial charge in [0.05, 0.1) is 10.0 Å². The Labute approximate surface area is 81.3 Å². The summed E-state index contributed by atoms with van der Waals surface area (Å²) >= 11 is 11.2. The lowest BCUT2D eigenvalue weighted by molar-refractivity contribution is 0.599. The molecule has 0 aliphatic rings. The van der Waals surface area contributed by atoms with E-state index in [1.54, 1.807) is 12.1 Å². The van der Waals surface area contributed by atoms with Crippen molar-refractivity contribution < 1.29 is 4.39 Å². The minimum absolute atomic E-state index is 0.0165. The molecule has 0 radical (unpaired) electrons. The standard InChI is InChI=1S/C9H9Cl2F/c1-5(2)6-3-4-7(10)8(11)9(6)12/h3-5H,1-2H3. The number of halogens is 3. The molecule has 0 aliphatic carbocycles. The summed E-state index contributed by atoms with van der Waals surface area (Å²) in [5.41, 5.74) is 0.601. The van der Waals surface area contributed by atoms with Gasteiger partial charge in [0.2, 0.25) is 0 Å². The van der Waals surface area contributed by atoms with Gasteiger partial charge in [0.15, 0.2) is 0 Å². The summed E-state index contributed by atoms with van der Waals surface area (Å²) in [6.45, 7) is 3.81. The molecule has 0 spiro atoms. The van der Waals surface area contributed by atoms with E-state index in [-0.39, 0.29) is 16.0 Å². The van der Waals surface area contributed by atoms with Gasteiger partial charge in [0.25, 0.3) is 0 Å². The zero-order valence-electron chi connectivity index (χ0n) is 6.87. The highest BCUT2D eigenvalue weighted by Crippen LogP contribution is 2.30. The van der Waals surface area contributed by atoms with E-state index < -0.39 is 5.82 Å². The maximum absolute atomic E-state index is 13.3. The zero-order chi connectivity index (χ0) is 9.30. The fraction of sp³-hybridized carbons (Fsp3) is 0.333. The zero-order valence-corrected chi connectivity index (χ0v) is 8.38. The van der Waals surface area contributed by atoms with Crippen molar-refractivity contribution in [1.82, 2.24) is 0 Å². The van der Waals surface area contributed by atoms with Crippen LogP contribution in [0.4, 0.5) is 4.39 Å². The highest BCUT2D eigenvalue weighted by Gasteiger charge is 2.12. The van der Waals surface area contributed by atoms with Crippen molar-refractivity contribution in [2.45, 2.75) is 19.8 Å². The smallest absolute Gasteiger partial charge is 0.146 e. The molecule has 0 aliphatic heterocycles. The van der Waals surface area contributed by atoms with E-state index in [4.69, 9.17) is 23.2 Å². The van der Waals surface area contributed by atoms with Gasteiger partial charge in [-0.25, -0.2) is 4.39 Å². The van der Waals surface area contributed by atoms with E-state index >= 15 is 0 Å². The Hall–Kier alpha value is -0.270. The molecule has 0 amide bonds. The van der Waals surface area contributed by atoms with Crippen molar-refractivity contribution in [3.63, 3.8) is 0 Å². The average molecular weight is 207 g/mol. The molecular weight excluding hydrogens is 198 g/mol. The van der Waals surface area contributed by atoms with E-state index in [0.29, 0.717) is 5.56 Å². The molecule has 0 saturated carbocycles. The van der Waals surface area contributed by atoms with E-state index in [1.807, 2.05) is 13.8 Å². The fourth-order valence-electron chi connectivity index (χ4n) is 0.987. The lowest BCUT2D eigenvalue weighted by Crippen LogP contribution is -1.93. The maximum atomic E-state index is 13.3. The van der Waals surface area contributed by atoms with Crippen LogP contribution in [0, 0.1) is 5.82 Å². The number of hydrogen-bond donors (Lipinski definition) is 0. The van der Waals surface area contributed by atoms with E-state index in [2.05, 4.69) is 0 Å². The third kappa shape index (κ3) is 1.73. The van der Waals surface area contributed by atoms with Crippen LogP contribution in [-0.2, 0) is 0 Å². The fourth-order valence-corrected chi connectivity index (χ4v) is 1.30. The Balaban J connectivity index is 3.27. The molecule has 0 atom stereocenters. The molecule has 0 nitrogen and oxygen atoms in total. The van der Waals surface area contributed by atoms with Crippen molar-refractivity contribution >= 4 is 23.2 Å². The second kappa shape index (κ2) is 3.63. The van der Waals surface area contributed by atoms with Gasteiger partial charge in [-0.1, -0.05) is 43.1 Å². The molecule has 1 rings (SSSR count). The van der Waals surface area contributed by atoms with Gasteiger partial charge in [0.1, 0.15) is 5.82 Å². The molecule has 0 fully saturated rings. The van der Waals surface area contributed by atoms with E-state index in [0.717, 1.165) is 0 Å². The summed E-state index contributed by atoms with van der Waals surface area (Å²) in [6, 6.07) is 3.27. The van der Waals surface area contributed by atoms with Crippen LogP contribution in [0.15, 0.2) is 12.1 Å². The molecule has 12 heavy (non-hydrogen) atoms. The second-order valence-electron chi connectivity index (χ2n) is 2.92. The van der Waals surface area contributed by atoms with E-state index in [9.17, 15) is 4.39 Å². The van der Waals surface area contributed by atoms with Gasteiger partial charge < -0.3 is 0 Å². The van der Waals surface area contributed by atoms with Gasteiger partial charge in [-0.2, -0.15) is 0 Å². The van der Waals surface area contributed by atoms with Gasteiger partial charge in [0, 0.05) is 0 Å². The first-order valence-corrected chi connectivity index (χ1v) is 4.43. The molecule has 0 N–H and O–H groups in total. The molecular formula is C9H9Cl2F. The van der Waals surface area contributed by atoms with Crippen molar-refractivity contribution in [2.24, 2.45) is 0 Å². The topological polar surface area (TPSA) is 0 Å².